The molecule has 0 aliphatic carbocycles. The zero-order valence-electron chi connectivity index (χ0n) is 16.5. The predicted octanol–water partition coefficient (Wildman–Crippen LogP) is 4.46. The van der Waals surface area contributed by atoms with Crippen LogP contribution < -0.4 is 10.9 Å². The molecule has 30 heavy (non-hydrogen) atoms. The van der Waals surface area contributed by atoms with Gasteiger partial charge in [0.2, 0.25) is 5.91 Å². The molecule has 1 amide bonds. The van der Waals surface area contributed by atoms with Gasteiger partial charge in [0, 0.05) is 23.0 Å². The van der Waals surface area contributed by atoms with Crippen LogP contribution in [0.3, 0.4) is 0 Å². The largest absolute Gasteiger partial charge is 0.348 e. The van der Waals surface area contributed by atoms with E-state index >= 15 is 0 Å². The van der Waals surface area contributed by atoms with Gasteiger partial charge in [0.25, 0.3) is 11.1 Å². The third kappa shape index (κ3) is 4.04. The van der Waals surface area contributed by atoms with Crippen LogP contribution in [0.25, 0.3) is 22.4 Å². The molecule has 0 bridgehead atoms. The van der Waals surface area contributed by atoms with E-state index in [1.165, 1.54) is 10.9 Å². The van der Waals surface area contributed by atoms with E-state index in [0.29, 0.717) is 16.9 Å². The quantitative estimate of drug-likeness (QED) is 0.468. The lowest BCUT2D eigenvalue weighted by atomic mass is 10.1. The highest BCUT2D eigenvalue weighted by Crippen LogP contribution is 2.25. The van der Waals surface area contributed by atoms with E-state index in [1.807, 2.05) is 56.3 Å². The number of aromatic nitrogens is 3. The van der Waals surface area contributed by atoms with Crippen LogP contribution in [0.5, 0.6) is 0 Å². The van der Waals surface area contributed by atoms with Gasteiger partial charge in [0.15, 0.2) is 0 Å². The SMILES string of the molecule is Cc1ccc(-c2noc3c(=O)n(CCC(=O)Nc4ccc(C)cc4Br)cnc23)cc1. The van der Waals surface area contributed by atoms with E-state index in [9.17, 15) is 9.59 Å². The van der Waals surface area contributed by atoms with Gasteiger partial charge in [-0.15, -0.1) is 0 Å². The van der Waals surface area contributed by atoms with Crippen molar-refractivity contribution in [2.45, 2.75) is 26.8 Å². The zero-order valence-corrected chi connectivity index (χ0v) is 18.1. The van der Waals surface area contributed by atoms with Gasteiger partial charge in [-0.25, -0.2) is 4.98 Å². The Bertz CT molecular complexity index is 1290. The van der Waals surface area contributed by atoms with E-state index < -0.39 is 0 Å². The van der Waals surface area contributed by atoms with Gasteiger partial charge in [-0.05, 0) is 47.5 Å². The molecule has 0 fully saturated rings. The Morgan fingerprint density at radius 1 is 1.13 bits per heavy atom. The van der Waals surface area contributed by atoms with Crippen LogP contribution in [0.1, 0.15) is 17.5 Å². The van der Waals surface area contributed by atoms with Crippen LogP contribution in [0.4, 0.5) is 5.69 Å². The number of nitrogens with zero attached hydrogens (tertiary/aromatic N) is 3. The summed E-state index contributed by atoms with van der Waals surface area (Å²) in [6.07, 6.45) is 1.54. The summed E-state index contributed by atoms with van der Waals surface area (Å²) in [4.78, 5) is 29.4. The fraction of sp³-hybridized carbons (Fsp3) is 0.182. The van der Waals surface area contributed by atoms with E-state index in [2.05, 4.69) is 31.4 Å². The molecular weight excluding hydrogens is 448 g/mol. The Balaban J connectivity index is 1.51. The summed E-state index contributed by atoms with van der Waals surface area (Å²) in [5.74, 6) is -0.204. The summed E-state index contributed by atoms with van der Waals surface area (Å²) in [6.45, 7) is 4.15. The van der Waals surface area contributed by atoms with Crippen LogP contribution in [-0.4, -0.2) is 20.6 Å². The van der Waals surface area contributed by atoms with Crippen LogP contribution in [0.15, 0.2) is 62.6 Å². The molecule has 0 aliphatic heterocycles. The number of hydrogen-bond donors (Lipinski definition) is 1. The second kappa shape index (κ2) is 8.23. The first-order valence-corrected chi connectivity index (χ1v) is 10.2. The number of hydrogen-bond acceptors (Lipinski definition) is 5. The van der Waals surface area contributed by atoms with Crippen molar-refractivity contribution in [2.75, 3.05) is 5.32 Å². The van der Waals surface area contributed by atoms with Crippen molar-refractivity contribution < 1.29 is 9.32 Å². The molecule has 4 rings (SSSR count). The highest BCUT2D eigenvalue weighted by Gasteiger charge is 2.17. The molecule has 4 aromatic rings. The standard InChI is InChI=1S/C22H19BrN4O3/c1-13-3-6-15(7-4-13)19-20-21(30-26-19)22(29)27(12-24-20)10-9-18(28)25-17-8-5-14(2)11-16(17)23/h3-8,11-12H,9-10H2,1-2H3,(H,25,28). The summed E-state index contributed by atoms with van der Waals surface area (Å²) in [6, 6.07) is 13.4. The molecule has 0 unspecified atom stereocenters. The molecule has 2 aromatic carbocycles. The molecule has 8 heteroatoms. The summed E-state index contributed by atoms with van der Waals surface area (Å²) in [5, 5.41) is 6.87. The second-order valence-corrected chi connectivity index (χ2v) is 7.95. The Morgan fingerprint density at radius 2 is 1.87 bits per heavy atom. The minimum Gasteiger partial charge on any atom is -0.348 e. The molecule has 2 heterocycles. The maximum atomic E-state index is 12.7. The normalized spacial score (nSPS) is 11.0. The maximum absolute atomic E-state index is 12.7. The number of amides is 1. The second-order valence-electron chi connectivity index (χ2n) is 7.10. The van der Waals surface area contributed by atoms with Crippen molar-refractivity contribution in [1.82, 2.24) is 14.7 Å². The van der Waals surface area contributed by atoms with E-state index in [4.69, 9.17) is 4.52 Å². The van der Waals surface area contributed by atoms with Crippen LogP contribution in [-0.2, 0) is 11.3 Å². The van der Waals surface area contributed by atoms with Gasteiger partial charge in [-0.1, -0.05) is 41.1 Å². The lowest BCUT2D eigenvalue weighted by molar-refractivity contribution is -0.116. The van der Waals surface area contributed by atoms with Gasteiger partial charge >= 0.3 is 0 Å². The van der Waals surface area contributed by atoms with Gasteiger partial charge < -0.3 is 9.84 Å². The number of nitrogens with one attached hydrogen (secondary N) is 1. The Morgan fingerprint density at radius 3 is 2.60 bits per heavy atom. The average Bonchev–Trinajstić information content (AvgIpc) is 3.15. The number of carbonyl (C=O) groups is 1. The van der Waals surface area contributed by atoms with E-state index in [1.54, 1.807) is 0 Å². The van der Waals surface area contributed by atoms with Crippen molar-refractivity contribution in [3.63, 3.8) is 0 Å². The number of carbonyl (C=O) groups excluding carboxylic acids is 1. The Kier molecular flexibility index (Phi) is 5.50. The van der Waals surface area contributed by atoms with Crippen LogP contribution in [0.2, 0.25) is 0 Å². The maximum Gasteiger partial charge on any atom is 0.299 e. The molecular formula is C22H19BrN4O3. The average molecular weight is 467 g/mol. The number of anilines is 1. The third-order valence-corrected chi connectivity index (χ3v) is 5.41. The molecule has 7 nitrogen and oxygen atoms in total. The fourth-order valence-electron chi connectivity index (χ4n) is 3.07. The highest BCUT2D eigenvalue weighted by molar-refractivity contribution is 9.10. The Labute approximate surface area is 180 Å². The topological polar surface area (TPSA) is 90.0 Å². The summed E-state index contributed by atoms with van der Waals surface area (Å²) in [7, 11) is 0. The number of halogens is 1. The number of aryl methyl sites for hydroxylation is 3. The van der Waals surface area contributed by atoms with Crippen molar-refractivity contribution in [3.8, 4) is 11.3 Å². The lowest BCUT2D eigenvalue weighted by Crippen LogP contribution is -2.23. The highest BCUT2D eigenvalue weighted by atomic mass is 79.9. The molecule has 0 radical (unpaired) electrons. The first-order chi connectivity index (χ1) is 14.4. The van der Waals surface area contributed by atoms with Crippen molar-refractivity contribution in [3.05, 3.63) is 74.7 Å². The monoisotopic (exact) mass is 466 g/mol. The summed E-state index contributed by atoms with van der Waals surface area (Å²) in [5.41, 5.74) is 4.37. The summed E-state index contributed by atoms with van der Waals surface area (Å²) >= 11 is 3.44. The molecule has 0 spiro atoms. The zero-order chi connectivity index (χ0) is 21.3. The van der Waals surface area contributed by atoms with Gasteiger partial charge in [-0.3, -0.25) is 14.2 Å². The number of rotatable bonds is 5. The third-order valence-electron chi connectivity index (χ3n) is 4.75. The molecule has 152 valence electrons. The van der Waals surface area contributed by atoms with Gasteiger partial charge in [0.1, 0.15) is 11.2 Å². The van der Waals surface area contributed by atoms with Gasteiger partial charge in [-0.2, -0.15) is 0 Å². The minimum atomic E-state index is -0.366. The van der Waals surface area contributed by atoms with Crippen LogP contribution >= 0.6 is 15.9 Å². The fourth-order valence-corrected chi connectivity index (χ4v) is 3.66. The molecule has 0 saturated heterocycles. The molecule has 1 N–H and O–H groups in total. The lowest BCUT2D eigenvalue weighted by Gasteiger charge is -2.09. The van der Waals surface area contributed by atoms with Gasteiger partial charge in [0.05, 0.1) is 12.0 Å². The first kappa shape index (κ1) is 20.0. The minimum absolute atomic E-state index is 0.0785. The van der Waals surface area contributed by atoms with Crippen molar-refractivity contribution >= 4 is 38.6 Å². The molecule has 0 saturated carbocycles. The number of fused-ring (bicyclic) bond motifs is 1. The molecule has 0 aliphatic rings. The van der Waals surface area contributed by atoms with E-state index in [-0.39, 0.29) is 30.0 Å². The van der Waals surface area contributed by atoms with E-state index in [0.717, 1.165) is 21.2 Å². The summed E-state index contributed by atoms with van der Waals surface area (Å²) < 4.78 is 7.45. The van der Waals surface area contributed by atoms with Crippen molar-refractivity contribution in [1.29, 1.82) is 0 Å². The Hall–Kier alpha value is -3.26. The number of benzene rings is 2. The molecule has 2 aromatic heterocycles. The van der Waals surface area contributed by atoms with Crippen LogP contribution in [0, 0.1) is 13.8 Å². The first-order valence-electron chi connectivity index (χ1n) is 9.40. The molecule has 0 atom stereocenters. The predicted molar refractivity (Wildman–Crippen MR) is 118 cm³/mol. The van der Waals surface area contributed by atoms with Crippen molar-refractivity contribution in [2.24, 2.45) is 0 Å². The smallest absolute Gasteiger partial charge is 0.299 e.